The summed E-state index contributed by atoms with van der Waals surface area (Å²) >= 11 is 0. The number of hydrogen-bond donors (Lipinski definition) is 0. The fraction of sp³-hybridized carbons (Fsp3) is 0.800. The van der Waals surface area contributed by atoms with Gasteiger partial charge in [0, 0.05) is 23.1 Å². The van der Waals surface area contributed by atoms with Crippen molar-refractivity contribution in [3.05, 3.63) is 11.1 Å². The second-order valence-electron chi connectivity index (χ2n) is 4.42. The Bertz CT molecular complexity index is 201. The average molecular weight is 161 g/mol. The van der Waals surface area contributed by atoms with Gasteiger partial charge >= 0.3 is 0 Å². The van der Waals surface area contributed by atoms with Gasteiger partial charge in [0.15, 0.2) is 0 Å². The Morgan fingerprint density at radius 2 is 2.00 bits per heavy atom. The number of fused-ring (bicyclic) bond motifs is 2. The van der Waals surface area contributed by atoms with Crippen LogP contribution in [-0.4, -0.2) is 23.1 Å². The summed E-state index contributed by atoms with van der Waals surface area (Å²) in [5.41, 5.74) is 4.04. The molecular formula is C10H16Mg. The van der Waals surface area contributed by atoms with Crippen molar-refractivity contribution in [3.63, 3.8) is 0 Å². The lowest BCUT2D eigenvalue weighted by Crippen LogP contribution is -2.41. The summed E-state index contributed by atoms with van der Waals surface area (Å²) in [6.45, 7) is 7.12. The Labute approximate surface area is 85.6 Å². The first-order chi connectivity index (χ1) is 4.62. The van der Waals surface area contributed by atoms with Crippen molar-refractivity contribution in [1.82, 2.24) is 0 Å². The Balaban J connectivity index is 0.000000605. The normalized spacial score (nSPS) is 32.5. The van der Waals surface area contributed by atoms with Crippen LogP contribution in [0.25, 0.3) is 0 Å². The average Bonchev–Trinajstić information content (AvgIpc) is 1.87. The van der Waals surface area contributed by atoms with E-state index in [0.717, 1.165) is 5.92 Å². The molecule has 0 N–H and O–H groups in total. The van der Waals surface area contributed by atoms with E-state index in [0.29, 0.717) is 5.41 Å². The Hall–Kier alpha value is 0.506. The molecule has 11 heavy (non-hydrogen) atoms. The predicted molar refractivity (Wildman–Crippen MR) is 49.6 cm³/mol. The van der Waals surface area contributed by atoms with Gasteiger partial charge in [0.05, 0.1) is 0 Å². The molecule has 0 saturated heterocycles. The van der Waals surface area contributed by atoms with Crippen molar-refractivity contribution in [2.45, 2.75) is 40.0 Å². The molecule has 0 heterocycles. The molecule has 0 aromatic carbocycles. The van der Waals surface area contributed by atoms with E-state index in [-0.39, 0.29) is 23.1 Å². The summed E-state index contributed by atoms with van der Waals surface area (Å²) < 4.78 is 0. The van der Waals surface area contributed by atoms with Crippen LogP contribution in [0.4, 0.5) is 0 Å². The third-order valence-electron chi connectivity index (χ3n) is 3.63. The van der Waals surface area contributed by atoms with Gasteiger partial charge in [-0.15, -0.1) is 0 Å². The molecule has 1 fully saturated rings. The van der Waals surface area contributed by atoms with Crippen LogP contribution >= 0.6 is 0 Å². The highest BCUT2D eigenvalue weighted by atomic mass is 24.3. The second kappa shape index (κ2) is 2.77. The molecule has 58 valence electrons. The first kappa shape index (κ1) is 9.59. The molecule has 1 unspecified atom stereocenters. The maximum Gasteiger partial charge on any atom is 0 e. The second-order valence-corrected chi connectivity index (χ2v) is 4.42. The zero-order valence-corrected chi connectivity index (χ0v) is 9.32. The standard InChI is InChI=1S/C10H16.Mg/c1-7-4-5-8-6-9(7)10(8,2)3;/h8H,4-6H2,1-3H3;. The summed E-state index contributed by atoms with van der Waals surface area (Å²) in [6.07, 6.45) is 4.24. The number of rotatable bonds is 0. The van der Waals surface area contributed by atoms with E-state index in [1.807, 2.05) is 0 Å². The molecule has 3 aliphatic carbocycles. The summed E-state index contributed by atoms with van der Waals surface area (Å²) in [6, 6.07) is 0. The minimum atomic E-state index is 0. The van der Waals surface area contributed by atoms with Crippen LogP contribution in [0.15, 0.2) is 11.1 Å². The lowest BCUT2D eigenvalue weighted by atomic mass is 9.52. The summed E-state index contributed by atoms with van der Waals surface area (Å²) in [5, 5.41) is 0. The van der Waals surface area contributed by atoms with E-state index in [1.165, 1.54) is 19.3 Å². The summed E-state index contributed by atoms with van der Waals surface area (Å²) in [4.78, 5) is 0. The Morgan fingerprint density at radius 1 is 1.36 bits per heavy atom. The van der Waals surface area contributed by atoms with Gasteiger partial charge in [0.1, 0.15) is 0 Å². The molecule has 1 saturated carbocycles. The molecule has 1 atom stereocenters. The van der Waals surface area contributed by atoms with Gasteiger partial charge in [-0.3, -0.25) is 0 Å². The van der Waals surface area contributed by atoms with Gasteiger partial charge in [0.2, 0.25) is 0 Å². The number of allylic oxidation sites excluding steroid dienone is 2. The van der Waals surface area contributed by atoms with Crippen LogP contribution in [0.2, 0.25) is 0 Å². The maximum atomic E-state index is 2.40. The molecule has 2 bridgehead atoms. The maximum absolute atomic E-state index is 2.40. The zero-order chi connectivity index (χ0) is 7.35. The SMILES string of the molecule is CC1=C2CC(CC1)C2(C)C.[Mg]. The fourth-order valence-electron chi connectivity index (χ4n) is 2.61. The summed E-state index contributed by atoms with van der Waals surface area (Å²) in [7, 11) is 0. The molecule has 0 aliphatic heterocycles. The van der Waals surface area contributed by atoms with Gasteiger partial charge in [-0.1, -0.05) is 25.0 Å². The van der Waals surface area contributed by atoms with Crippen LogP contribution in [0.5, 0.6) is 0 Å². The van der Waals surface area contributed by atoms with Crippen LogP contribution in [0, 0.1) is 11.3 Å². The van der Waals surface area contributed by atoms with E-state index < -0.39 is 0 Å². The van der Waals surface area contributed by atoms with Crippen molar-refractivity contribution in [2.75, 3.05) is 0 Å². The minimum Gasteiger partial charge on any atom is -0.0735 e. The van der Waals surface area contributed by atoms with E-state index >= 15 is 0 Å². The van der Waals surface area contributed by atoms with Gasteiger partial charge < -0.3 is 0 Å². The monoisotopic (exact) mass is 160 g/mol. The molecule has 1 heteroatoms. The molecule has 2 radical (unpaired) electrons. The summed E-state index contributed by atoms with van der Waals surface area (Å²) in [5.74, 6) is 1.02. The van der Waals surface area contributed by atoms with Crippen molar-refractivity contribution in [2.24, 2.45) is 11.3 Å². The van der Waals surface area contributed by atoms with E-state index in [2.05, 4.69) is 20.8 Å². The third kappa shape index (κ3) is 1.17. The predicted octanol–water partition coefficient (Wildman–Crippen LogP) is 2.76. The highest BCUT2D eigenvalue weighted by Crippen LogP contribution is 2.58. The van der Waals surface area contributed by atoms with Gasteiger partial charge in [-0.25, -0.2) is 0 Å². The van der Waals surface area contributed by atoms with Crippen LogP contribution in [0.3, 0.4) is 0 Å². The first-order valence-electron chi connectivity index (χ1n) is 4.31. The van der Waals surface area contributed by atoms with Crippen molar-refractivity contribution in [3.8, 4) is 0 Å². The number of hydrogen-bond acceptors (Lipinski definition) is 0. The minimum absolute atomic E-state index is 0. The topological polar surface area (TPSA) is 0 Å². The molecule has 0 amide bonds. The molecule has 0 aromatic heterocycles. The Morgan fingerprint density at radius 3 is 2.27 bits per heavy atom. The van der Waals surface area contributed by atoms with Gasteiger partial charge in [-0.2, -0.15) is 0 Å². The molecule has 0 nitrogen and oxygen atoms in total. The van der Waals surface area contributed by atoms with Gasteiger partial charge in [-0.05, 0) is 37.5 Å². The zero-order valence-electron chi connectivity index (χ0n) is 7.91. The van der Waals surface area contributed by atoms with Crippen LogP contribution < -0.4 is 0 Å². The highest BCUT2D eigenvalue weighted by Gasteiger charge is 2.46. The lowest BCUT2D eigenvalue weighted by Gasteiger charge is -2.52. The molecule has 3 aliphatic rings. The van der Waals surface area contributed by atoms with Gasteiger partial charge in [0.25, 0.3) is 0 Å². The molecular weight excluding hydrogens is 144 g/mol. The van der Waals surface area contributed by atoms with Crippen molar-refractivity contribution >= 4 is 23.1 Å². The quantitative estimate of drug-likeness (QED) is 0.378. The Kier molecular flexibility index (Phi) is 2.42. The largest absolute Gasteiger partial charge is 0.0735 e. The van der Waals surface area contributed by atoms with Crippen LogP contribution in [-0.2, 0) is 0 Å². The smallest absolute Gasteiger partial charge is 0 e. The van der Waals surface area contributed by atoms with Crippen LogP contribution in [0.1, 0.15) is 40.0 Å². The highest BCUT2D eigenvalue weighted by molar-refractivity contribution is 5.75. The van der Waals surface area contributed by atoms with E-state index in [4.69, 9.17) is 0 Å². The third-order valence-corrected chi connectivity index (χ3v) is 3.63. The lowest BCUT2D eigenvalue weighted by molar-refractivity contribution is 0.133. The molecule has 0 spiro atoms. The van der Waals surface area contributed by atoms with Crippen molar-refractivity contribution < 1.29 is 0 Å². The fourth-order valence-corrected chi connectivity index (χ4v) is 2.61. The molecule has 0 aromatic rings. The first-order valence-corrected chi connectivity index (χ1v) is 4.31. The molecule has 3 rings (SSSR count). The van der Waals surface area contributed by atoms with E-state index in [1.54, 1.807) is 11.1 Å². The van der Waals surface area contributed by atoms with E-state index in [9.17, 15) is 0 Å². The van der Waals surface area contributed by atoms with Crippen molar-refractivity contribution in [1.29, 1.82) is 0 Å².